The highest BCUT2D eigenvalue weighted by molar-refractivity contribution is 5.65. The summed E-state index contributed by atoms with van der Waals surface area (Å²) in [5.41, 5.74) is 1.97. The minimum Gasteiger partial charge on any atom is -0.399 e. The number of benzene rings is 2. The van der Waals surface area contributed by atoms with Gasteiger partial charge in [0.05, 0.1) is 0 Å². The van der Waals surface area contributed by atoms with Crippen LogP contribution in [0.3, 0.4) is 0 Å². The number of hydrogen-bond donors (Lipinski definition) is 0. The Kier molecular flexibility index (Phi) is 8.95. The maximum atomic E-state index is 14.1. The van der Waals surface area contributed by atoms with Gasteiger partial charge in [-0.05, 0) is 84.6 Å². The van der Waals surface area contributed by atoms with Gasteiger partial charge in [-0.2, -0.15) is 0 Å². The molecule has 0 aromatic heterocycles. The fourth-order valence-electron chi connectivity index (χ4n) is 6.48. The highest BCUT2D eigenvalue weighted by atomic mass is 19.4. The van der Waals surface area contributed by atoms with Gasteiger partial charge in [0.15, 0.2) is 11.6 Å². The summed E-state index contributed by atoms with van der Waals surface area (Å²) >= 11 is 0. The number of halogens is 5. The van der Waals surface area contributed by atoms with Crippen molar-refractivity contribution in [1.82, 2.24) is 0 Å². The largest absolute Gasteiger partial charge is 0.573 e. The Morgan fingerprint density at radius 1 is 0.778 bits per heavy atom. The third-order valence-electron chi connectivity index (χ3n) is 8.37. The number of hydrogen-bond acceptors (Lipinski definition) is 1. The molecule has 2 aromatic carbocycles. The Labute approximate surface area is 211 Å². The zero-order valence-corrected chi connectivity index (χ0v) is 21.1. The van der Waals surface area contributed by atoms with E-state index in [2.05, 4.69) is 11.7 Å². The monoisotopic (exact) mass is 508 g/mol. The lowest BCUT2D eigenvalue weighted by Gasteiger charge is -2.42. The standard InChI is InChI=1S/C30H37F5O/c1-2-3-4-5-6-7-20-8-9-25-17-24(15-14-23(25)16-20)21-10-12-22(13-11-21)26-18-27(31)29(28(32)19-26)36-30(33,34)35/h10-13,18-20,23-25H,2-9,14-17H2,1H3. The second kappa shape index (κ2) is 12.0. The van der Waals surface area contributed by atoms with Crippen molar-refractivity contribution in [3.8, 4) is 16.9 Å². The van der Waals surface area contributed by atoms with Crippen molar-refractivity contribution in [1.29, 1.82) is 0 Å². The van der Waals surface area contributed by atoms with Crippen LogP contribution in [0.2, 0.25) is 0 Å². The Bertz CT molecular complexity index is 961. The predicted molar refractivity (Wildman–Crippen MR) is 133 cm³/mol. The lowest BCUT2D eigenvalue weighted by molar-refractivity contribution is -0.276. The van der Waals surface area contributed by atoms with Crippen LogP contribution in [-0.2, 0) is 0 Å². The van der Waals surface area contributed by atoms with Crippen molar-refractivity contribution in [3.63, 3.8) is 0 Å². The summed E-state index contributed by atoms with van der Waals surface area (Å²) < 4.78 is 69.0. The first-order valence-corrected chi connectivity index (χ1v) is 13.6. The van der Waals surface area contributed by atoms with Crippen LogP contribution in [-0.4, -0.2) is 6.36 Å². The van der Waals surface area contributed by atoms with Crippen LogP contribution in [0.5, 0.6) is 5.75 Å². The first-order chi connectivity index (χ1) is 17.2. The molecule has 0 radical (unpaired) electrons. The molecular formula is C30H37F5O. The first-order valence-electron chi connectivity index (χ1n) is 13.6. The average molecular weight is 509 g/mol. The summed E-state index contributed by atoms with van der Waals surface area (Å²) in [5, 5.41) is 0. The molecule has 2 saturated carbocycles. The van der Waals surface area contributed by atoms with Crippen LogP contribution in [0.4, 0.5) is 22.0 Å². The summed E-state index contributed by atoms with van der Waals surface area (Å²) in [5.74, 6) is -1.16. The zero-order valence-electron chi connectivity index (χ0n) is 21.1. The van der Waals surface area contributed by atoms with Crippen LogP contribution in [0.15, 0.2) is 36.4 Å². The zero-order chi connectivity index (χ0) is 25.7. The molecule has 0 saturated heterocycles. The third-order valence-corrected chi connectivity index (χ3v) is 8.37. The summed E-state index contributed by atoms with van der Waals surface area (Å²) in [6, 6.07) is 9.36. The highest BCUT2D eigenvalue weighted by Crippen LogP contribution is 2.48. The molecule has 4 unspecified atom stereocenters. The number of fused-ring (bicyclic) bond motifs is 1. The Hall–Kier alpha value is -2.11. The third kappa shape index (κ3) is 7.01. The SMILES string of the molecule is CCCCCCCC1CCC2CC(c3ccc(-c4cc(F)c(OC(F)(F)F)c(F)c4)cc3)CCC2C1. The maximum Gasteiger partial charge on any atom is 0.573 e. The first kappa shape index (κ1) is 26.9. The van der Waals surface area contributed by atoms with Gasteiger partial charge in [0.1, 0.15) is 0 Å². The molecule has 0 spiro atoms. The van der Waals surface area contributed by atoms with Gasteiger partial charge in [0.25, 0.3) is 0 Å². The van der Waals surface area contributed by atoms with Crippen LogP contribution in [0.1, 0.15) is 95.5 Å². The van der Waals surface area contributed by atoms with Gasteiger partial charge in [0, 0.05) is 0 Å². The normalized spacial score (nSPS) is 24.4. The Morgan fingerprint density at radius 3 is 2.08 bits per heavy atom. The van der Waals surface area contributed by atoms with E-state index in [9.17, 15) is 22.0 Å². The lowest BCUT2D eigenvalue weighted by Crippen LogP contribution is -2.30. The molecule has 4 rings (SSSR count). The van der Waals surface area contributed by atoms with Crippen molar-refractivity contribution in [3.05, 3.63) is 53.6 Å². The van der Waals surface area contributed by atoms with E-state index in [1.807, 2.05) is 12.1 Å². The van der Waals surface area contributed by atoms with Crippen molar-refractivity contribution < 1.29 is 26.7 Å². The molecule has 0 heterocycles. The summed E-state index contributed by atoms with van der Waals surface area (Å²) in [4.78, 5) is 0. The lowest BCUT2D eigenvalue weighted by atomic mass is 9.63. The minimum absolute atomic E-state index is 0.183. The van der Waals surface area contributed by atoms with Crippen LogP contribution < -0.4 is 4.74 Å². The second-order valence-corrected chi connectivity index (χ2v) is 10.9. The second-order valence-electron chi connectivity index (χ2n) is 10.9. The predicted octanol–water partition coefficient (Wildman–Crippen LogP) is 10.2. The van der Waals surface area contributed by atoms with Gasteiger partial charge < -0.3 is 4.74 Å². The highest BCUT2D eigenvalue weighted by Gasteiger charge is 2.36. The van der Waals surface area contributed by atoms with Gasteiger partial charge >= 0.3 is 6.36 Å². The molecule has 6 heteroatoms. The molecule has 0 bridgehead atoms. The number of alkyl halides is 3. The van der Waals surface area contributed by atoms with E-state index >= 15 is 0 Å². The molecule has 4 atom stereocenters. The molecule has 0 aliphatic heterocycles. The van der Waals surface area contributed by atoms with Crippen molar-refractivity contribution >= 4 is 0 Å². The van der Waals surface area contributed by atoms with Gasteiger partial charge in [-0.15, -0.1) is 13.2 Å². The summed E-state index contributed by atoms with van der Waals surface area (Å²) in [6.07, 6.45) is 10.7. The van der Waals surface area contributed by atoms with E-state index in [0.717, 1.165) is 36.3 Å². The smallest absolute Gasteiger partial charge is 0.399 e. The van der Waals surface area contributed by atoms with Gasteiger partial charge in [-0.25, -0.2) is 8.78 Å². The number of rotatable bonds is 9. The topological polar surface area (TPSA) is 9.23 Å². The summed E-state index contributed by atoms with van der Waals surface area (Å²) in [6.45, 7) is 2.26. The van der Waals surface area contributed by atoms with Gasteiger partial charge in [-0.1, -0.05) is 76.1 Å². The Balaban J connectivity index is 1.33. The van der Waals surface area contributed by atoms with Gasteiger partial charge in [-0.3, -0.25) is 0 Å². The van der Waals surface area contributed by atoms with Crippen LogP contribution in [0, 0.1) is 29.4 Å². The maximum absolute atomic E-state index is 14.1. The minimum atomic E-state index is -5.16. The molecule has 0 N–H and O–H groups in total. The fraction of sp³-hybridized carbons (Fsp3) is 0.600. The molecule has 1 nitrogen and oxygen atoms in total. The van der Waals surface area contributed by atoms with E-state index in [0.29, 0.717) is 11.5 Å². The quantitative estimate of drug-likeness (QED) is 0.242. The van der Waals surface area contributed by atoms with E-state index in [4.69, 9.17) is 0 Å². The van der Waals surface area contributed by atoms with Crippen LogP contribution in [0.25, 0.3) is 11.1 Å². The molecule has 36 heavy (non-hydrogen) atoms. The molecular weight excluding hydrogens is 471 g/mol. The number of ether oxygens (including phenoxy) is 1. The Morgan fingerprint density at radius 2 is 1.42 bits per heavy atom. The summed E-state index contributed by atoms with van der Waals surface area (Å²) in [7, 11) is 0. The molecule has 0 amide bonds. The van der Waals surface area contributed by atoms with Crippen LogP contribution >= 0.6 is 0 Å². The van der Waals surface area contributed by atoms with E-state index in [1.165, 1.54) is 76.2 Å². The molecule has 2 aliphatic carbocycles. The molecule has 2 aliphatic rings. The van der Waals surface area contributed by atoms with Crippen molar-refractivity contribution in [2.24, 2.45) is 17.8 Å². The molecule has 2 aromatic rings. The van der Waals surface area contributed by atoms with E-state index in [-0.39, 0.29) is 5.56 Å². The van der Waals surface area contributed by atoms with Crippen molar-refractivity contribution in [2.45, 2.75) is 96.3 Å². The van der Waals surface area contributed by atoms with Crippen molar-refractivity contribution in [2.75, 3.05) is 0 Å². The average Bonchev–Trinajstić information content (AvgIpc) is 2.85. The fourth-order valence-corrected chi connectivity index (χ4v) is 6.48. The van der Waals surface area contributed by atoms with E-state index < -0.39 is 23.7 Å². The van der Waals surface area contributed by atoms with E-state index in [1.54, 1.807) is 12.1 Å². The molecule has 198 valence electrons. The van der Waals surface area contributed by atoms with Gasteiger partial charge in [0.2, 0.25) is 5.75 Å². The number of unbranched alkanes of at least 4 members (excludes halogenated alkanes) is 4. The molecule has 2 fully saturated rings.